The third-order valence-corrected chi connectivity index (χ3v) is 6.75. The summed E-state index contributed by atoms with van der Waals surface area (Å²) < 4.78 is 5.39. The molecule has 118 valence electrons. The molecule has 0 spiro atoms. The molecule has 0 radical (unpaired) electrons. The van der Waals surface area contributed by atoms with E-state index < -0.39 is 0 Å². The van der Waals surface area contributed by atoms with Crippen LogP contribution in [0.5, 0.6) is 5.75 Å². The van der Waals surface area contributed by atoms with E-state index in [4.69, 9.17) is 4.74 Å². The number of nitrogens with one attached hydrogen (secondary N) is 1. The van der Waals surface area contributed by atoms with Crippen LogP contribution in [0.1, 0.15) is 38.5 Å². The smallest absolute Gasteiger partial charge is 0.230 e. The first-order valence-electron chi connectivity index (χ1n) is 8.15. The number of amides is 1. The van der Waals surface area contributed by atoms with E-state index in [0.29, 0.717) is 0 Å². The van der Waals surface area contributed by atoms with E-state index in [9.17, 15) is 4.79 Å². The fourth-order valence-electron chi connectivity index (χ4n) is 5.35. The number of rotatable bonds is 3. The van der Waals surface area contributed by atoms with Crippen LogP contribution in [0.2, 0.25) is 0 Å². The molecule has 4 bridgehead atoms. The number of anilines is 1. The van der Waals surface area contributed by atoms with E-state index in [1.165, 1.54) is 19.3 Å². The highest BCUT2D eigenvalue weighted by molar-refractivity contribution is 9.10. The van der Waals surface area contributed by atoms with Crippen molar-refractivity contribution in [2.24, 2.45) is 17.3 Å². The first-order chi connectivity index (χ1) is 10.5. The molecular weight excluding hydrogens is 342 g/mol. The summed E-state index contributed by atoms with van der Waals surface area (Å²) in [4.78, 5) is 13.0. The van der Waals surface area contributed by atoms with E-state index in [2.05, 4.69) is 21.2 Å². The van der Waals surface area contributed by atoms with Crippen molar-refractivity contribution in [1.82, 2.24) is 0 Å². The SMILES string of the molecule is COc1ccc(NC(=O)C23C[C@@H]4C[C@@H](CC(Br)(C4)C2)C3)cc1. The van der Waals surface area contributed by atoms with Gasteiger partial charge in [-0.1, -0.05) is 15.9 Å². The lowest BCUT2D eigenvalue weighted by molar-refractivity contribution is -0.138. The van der Waals surface area contributed by atoms with Gasteiger partial charge in [-0.05, 0) is 74.6 Å². The summed E-state index contributed by atoms with van der Waals surface area (Å²) in [6, 6.07) is 7.62. The molecule has 4 aliphatic carbocycles. The first kappa shape index (κ1) is 14.6. The minimum absolute atomic E-state index is 0.159. The van der Waals surface area contributed by atoms with Crippen molar-refractivity contribution in [3.63, 3.8) is 0 Å². The molecule has 3 nitrogen and oxygen atoms in total. The van der Waals surface area contributed by atoms with Crippen LogP contribution in [0.25, 0.3) is 0 Å². The Morgan fingerprint density at radius 1 is 1.18 bits per heavy atom. The van der Waals surface area contributed by atoms with E-state index in [-0.39, 0.29) is 15.6 Å². The highest BCUT2D eigenvalue weighted by Gasteiger charge is 2.59. The summed E-state index contributed by atoms with van der Waals surface area (Å²) in [6.45, 7) is 0. The predicted molar refractivity (Wildman–Crippen MR) is 90.4 cm³/mol. The number of benzene rings is 1. The minimum Gasteiger partial charge on any atom is -0.497 e. The maximum absolute atomic E-state index is 13.0. The average Bonchev–Trinajstić information content (AvgIpc) is 2.45. The van der Waals surface area contributed by atoms with Crippen LogP contribution in [0.4, 0.5) is 5.69 Å². The Morgan fingerprint density at radius 2 is 1.82 bits per heavy atom. The van der Waals surface area contributed by atoms with E-state index in [1.54, 1.807) is 7.11 Å². The molecule has 1 N–H and O–H groups in total. The molecule has 1 aromatic carbocycles. The second-order valence-electron chi connectivity index (χ2n) is 7.57. The zero-order valence-electron chi connectivity index (χ0n) is 12.9. The monoisotopic (exact) mass is 363 g/mol. The fraction of sp³-hybridized carbons (Fsp3) is 0.611. The fourth-order valence-corrected chi connectivity index (χ4v) is 6.81. The number of hydrogen-bond acceptors (Lipinski definition) is 2. The van der Waals surface area contributed by atoms with Crippen LogP contribution < -0.4 is 10.1 Å². The molecule has 0 aromatic heterocycles. The van der Waals surface area contributed by atoms with E-state index in [0.717, 1.165) is 42.5 Å². The molecule has 4 heteroatoms. The Kier molecular flexibility index (Phi) is 3.30. The Morgan fingerprint density at radius 3 is 2.36 bits per heavy atom. The molecule has 4 atom stereocenters. The number of carbonyl (C=O) groups is 1. The van der Waals surface area contributed by atoms with Crippen molar-refractivity contribution < 1.29 is 9.53 Å². The molecule has 22 heavy (non-hydrogen) atoms. The third kappa shape index (κ3) is 2.36. The summed E-state index contributed by atoms with van der Waals surface area (Å²) in [6.07, 6.45) is 6.96. The van der Waals surface area contributed by atoms with Gasteiger partial charge in [0, 0.05) is 10.0 Å². The molecule has 2 unspecified atom stereocenters. The summed E-state index contributed by atoms with van der Waals surface area (Å²) in [5, 5.41) is 3.15. The highest BCUT2D eigenvalue weighted by atomic mass is 79.9. The van der Waals surface area contributed by atoms with E-state index >= 15 is 0 Å². The Hall–Kier alpha value is -1.03. The molecule has 0 saturated heterocycles. The van der Waals surface area contributed by atoms with Crippen molar-refractivity contribution in [2.75, 3.05) is 12.4 Å². The van der Waals surface area contributed by atoms with Gasteiger partial charge in [0.15, 0.2) is 0 Å². The second kappa shape index (κ2) is 4.98. The minimum atomic E-state index is -0.159. The molecule has 4 aliphatic rings. The topological polar surface area (TPSA) is 38.3 Å². The van der Waals surface area contributed by atoms with Gasteiger partial charge in [0.2, 0.25) is 5.91 Å². The van der Waals surface area contributed by atoms with Crippen molar-refractivity contribution in [3.8, 4) is 5.75 Å². The Labute approximate surface area is 139 Å². The summed E-state index contributed by atoms with van der Waals surface area (Å²) in [7, 11) is 1.65. The van der Waals surface area contributed by atoms with Crippen LogP contribution in [0, 0.1) is 17.3 Å². The van der Waals surface area contributed by atoms with Crippen LogP contribution in [0.15, 0.2) is 24.3 Å². The molecule has 4 fully saturated rings. The first-order valence-corrected chi connectivity index (χ1v) is 8.94. The number of hydrogen-bond donors (Lipinski definition) is 1. The van der Waals surface area contributed by atoms with Gasteiger partial charge >= 0.3 is 0 Å². The van der Waals surface area contributed by atoms with Gasteiger partial charge in [0.1, 0.15) is 5.75 Å². The lowest BCUT2D eigenvalue weighted by Gasteiger charge is -2.59. The van der Waals surface area contributed by atoms with Crippen LogP contribution in [-0.2, 0) is 4.79 Å². The quantitative estimate of drug-likeness (QED) is 0.809. The molecule has 1 amide bonds. The molecular formula is C18H22BrNO2. The van der Waals surface area contributed by atoms with Gasteiger partial charge in [-0.15, -0.1) is 0 Å². The third-order valence-electron chi connectivity index (χ3n) is 5.82. The van der Waals surface area contributed by atoms with Crippen molar-refractivity contribution in [3.05, 3.63) is 24.3 Å². The predicted octanol–water partition coefficient (Wildman–Crippen LogP) is 4.37. The lowest BCUT2D eigenvalue weighted by atomic mass is 9.49. The number of halogens is 1. The second-order valence-corrected chi connectivity index (χ2v) is 9.26. The van der Waals surface area contributed by atoms with E-state index in [1.807, 2.05) is 24.3 Å². The maximum atomic E-state index is 13.0. The maximum Gasteiger partial charge on any atom is 0.230 e. The largest absolute Gasteiger partial charge is 0.497 e. The standard InChI is InChI=1S/C18H22BrNO2/c1-22-15-4-2-14(3-5-15)20-16(21)17-7-12-6-13(8-17)10-18(19,9-12)11-17/h2-5,12-13H,6-11H2,1H3,(H,20,21)/t12-,13+,17?,18?. The number of alkyl halides is 1. The van der Waals surface area contributed by atoms with Crippen LogP contribution in [-0.4, -0.2) is 17.3 Å². The Balaban J connectivity index is 1.54. The molecule has 0 heterocycles. The number of ether oxygens (including phenoxy) is 1. The summed E-state index contributed by atoms with van der Waals surface area (Å²) in [5.74, 6) is 2.48. The van der Waals surface area contributed by atoms with Crippen molar-refractivity contribution >= 4 is 27.5 Å². The lowest BCUT2D eigenvalue weighted by Crippen LogP contribution is -2.57. The zero-order valence-corrected chi connectivity index (χ0v) is 14.5. The number of carbonyl (C=O) groups excluding carboxylic acids is 1. The van der Waals surface area contributed by atoms with Gasteiger partial charge < -0.3 is 10.1 Å². The summed E-state index contributed by atoms with van der Waals surface area (Å²) >= 11 is 3.97. The zero-order chi connectivity index (χ0) is 15.4. The average molecular weight is 364 g/mol. The highest BCUT2D eigenvalue weighted by Crippen LogP contribution is 2.64. The van der Waals surface area contributed by atoms with Crippen molar-refractivity contribution in [2.45, 2.75) is 42.8 Å². The van der Waals surface area contributed by atoms with Gasteiger partial charge in [0.25, 0.3) is 0 Å². The molecule has 4 saturated carbocycles. The molecule has 0 aliphatic heterocycles. The summed E-state index contributed by atoms with van der Waals surface area (Å²) in [5.41, 5.74) is 0.707. The normalized spacial score (nSPS) is 38.8. The van der Waals surface area contributed by atoms with Gasteiger partial charge in [-0.2, -0.15) is 0 Å². The van der Waals surface area contributed by atoms with Crippen LogP contribution in [0.3, 0.4) is 0 Å². The number of methoxy groups -OCH3 is 1. The Bertz CT molecular complexity index is 584. The van der Waals surface area contributed by atoms with Gasteiger partial charge in [-0.25, -0.2) is 0 Å². The molecule has 1 aromatic rings. The van der Waals surface area contributed by atoms with Crippen molar-refractivity contribution in [1.29, 1.82) is 0 Å². The van der Waals surface area contributed by atoms with Gasteiger partial charge in [0.05, 0.1) is 12.5 Å². The van der Waals surface area contributed by atoms with Crippen LogP contribution >= 0.6 is 15.9 Å². The molecule has 5 rings (SSSR count). The van der Waals surface area contributed by atoms with Gasteiger partial charge in [-0.3, -0.25) is 4.79 Å².